The van der Waals surface area contributed by atoms with E-state index in [0.717, 1.165) is 25.8 Å². The van der Waals surface area contributed by atoms with Crippen LogP contribution in [0.25, 0.3) is 0 Å². The fourth-order valence-electron chi connectivity index (χ4n) is 1.89. The van der Waals surface area contributed by atoms with E-state index >= 15 is 0 Å². The van der Waals surface area contributed by atoms with Crippen molar-refractivity contribution in [2.45, 2.75) is 66.5 Å². The molecule has 2 N–H and O–H groups in total. The molecule has 3 heteroatoms. The first-order valence-electron chi connectivity index (χ1n) is 6.75. The zero-order chi connectivity index (χ0) is 13.1. The van der Waals surface area contributed by atoms with Crippen molar-refractivity contribution >= 4 is 0 Å². The van der Waals surface area contributed by atoms with Crippen molar-refractivity contribution in [1.82, 2.24) is 9.78 Å². The van der Waals surface area contributed by atoms with Crippen LogP contribution in [-0.4, -0.2) is 15.8 Å². The lowest BCUT2D eigenvalue weighted by Gasteiger charge is -2.30. The van der Waals surface area contributed by atoms with Crippen LogP contribution in [-0.2, 0) is 19.4 Å². The predicted molar refractivity (Wildman–Crippen MR) is 73.0 cm³/mol. The quantitative estimate of drug-likeness (QED) is 0.827. The average molecular weight is 237 g/mol. The highest BCUT2D eigenvalue weighted by Gasteiger charge is 2.25. The molecule has 1 rings (SSSR count). The highest BCUT2D eigenvalue weighted by Crippen LogP contribution is 2.25. The Hall–Kier alpha value is -0.830. The smallest absolute Gasteiger partial charge is 0.0624 e. The average Bonchev–Trinajstić information content (AvgIpc) is 2.71. The predicted octanol–water partition coefficient (Wildman–Crippen LogP) is 2.77. The second kappa shape index (κ2) is 5.67. The fraction of sp³-hybridized carbons (Fsp3) is 0.786. The van der Waals surface area contributed by atoms with E-state index < -0.39 is 0 Å². The first kappa shape index (κ1) is 14.2. The van der Waals surface area contributed by atoms with E-state index in [1.807, 2.05) is 0 Å². The van der Waals surface area contributed by atoms with Crippen LogP contribution in [0, 0.1) is 5.41 Å². The monoisotopic (exact) mass is 237 g/mol. The van der Waals surface area contributed by atoms with E-state index in [2.05, 4.69) is 50.5 Å². The molecule has 0 bridgehead atoms. The summed E-state index contributed by atoms with van der Waals surface area (Å²) in [5.74, 6) is 0. The fourth-order valence-corrected chi connectivity index (χ4v) is 1.89. The summed E-state index contributed by atoms with van der Waals surface area (Å²) in [4.78, 5) is 0. The molecule has 0 aliphatic rings. The Kier molecular flexibility index (Phi) is 4.75. The molecule has 1 aromatic rings. The van der Waals surface area contributed by atoms with Crippen molar-refractivity contribution in [1.29, 1.82) is 0 Å². The molecule has 0 aliphatic carbocycles. The number of nitrogens with two attached hydrogens (primary N) is 1. The van der Waals surface area contributed by atoms with Crippen molar-refractivity contribution < 1.29 is 0 Å². The number of rotatable bonds is 6. The van der Waals surface area contributed by atoms with Gasteiger partial charge in [-0.1, -0.05) is 27.7 Å². The molecule has 1 aromatic heterocycles. The first-order valence-corrected chi connectivity index (χ1v) is 6.75. The minimum Gasteiger partial charge on any atom is -0.327 e. The lowest BCUT2D eigenvalue weighted by atomic mass is 9.80. The van der Waals surface area contributed by atoms with Gasteiger partial charge in [-0.15, -0.1) is 0 Å². The third-order valence-electron chi connectivity index (χ3n) is 3.92. The largest absolute Gasteiger partial charge is 0.327 e. The van der Waals surface area contributed by atoms with E-state index in [1.165, 1.54) is 11.4 Å². The van der Waals surface area contributed by atoms with E-state index in [9.17, 15) is 0 Å². The van der Waals surface area contributed by atoms with Gasteiger partial charge in [-0.2, -0.15) is 5.10 Å². The third kappa shape index (κ3) is 3.32. The molecule has 0 fully saturated rings. The molecule has 98 valence electrons. The summed E-state index contributed by atoms with van der Waals surface area (Å²) in [6.45, 7) is 11.9. The summed E-state index contributed by atoms with van der Waals surface area (Å²) in [6, 6.07) is 2.40. The Balaban J connectivity index is 2.83. The Morgan fingerprint density at radius 1 is 1.35 bits per heavy atom. The number of hydrogen-bond donors (Lipinski definition) is 1. The van der Waals surface area contributed by atoms with Gasteiger partial charge in [-0.3, -0.25) is 4.68 Å². The molecule has 1 atom stereocenters. The van der Waals surface area contributed by atoms with Crippen LogP contribution in [0.15, 0.2) is 6.07 Å². The van der Waals surface area contributed by atoms with Crippen LogP contribution in [0.2, 0.25) is 0 Å². The molecule has 0 spiro atoms. The second-order valence-corrected chi connectivity index (χ2v) is 5.45. The standard InChI is InChI=1S/C14H27N3/c1-6-11-9-12(17(8-3)16-11)10-13(15)14(4,5)7-2/h9,13H,6-8,10,15H2,1-5H3. The van der Waals surface area contributed by atoms with Crippen molar-refractivity contribution in [2.24, 2.45) is 11.1 Å². The highest BCUT2D eigenvalue weighted by atomic mass is 15.3. The molecule has 0 amide bonds. The van der Waals surface area contributed by atoms with E-state index in [1.54, 1.807) is 0 Å². The Morgan fingerprint density at radius 3 is 2.47 bits per heavy atom. The number of aryl methyl sites for hydroxylation is 2. The maximum absolute atomic E-state index is 6.33. The zero-order valence-corrected chi connectivity index (χ0v) is 12.0. The van der Waals surface area contributed by atoms with Crippen LogP contribution < -0.4 is 5.73 Å². The lowest BCUT2D eigenvalue weighted by Crippen LogP contribution is -2.39. The first-order chi connectivity index (χ1) is 7.94. The molecule has 0 aliphatic heterocycles. The molecular formula is C14H27N3. The van der Waals surface area contributed by atoms with Crippen molar-refractivity contribution in [2.75, 3.05) is 0 Å². The minimum absolute atomic E-state index is 0.190. The van der Waals surface area contributed by atoms with Gasteiger partial charge in [-0.05, 0) is 31.2 Å². The molecule has 0 saturated heterocycles. The number of hydrogen-bond acceptors (Lipinski definition) is 2. The maximum Gasteiger partial charge on any atom is 0.0624 e. The van der Waals surface area contributed by atoms with Gasteiger partial charge in [-0.25, -0.2) is 0 Å². The van der Waals surface area contributed by atoms with E-state index in [4.69, 9.17) is 5.73 Å². The van der Waals surface area contributed by atoms with Crippen molar-refractivity contribution in [3.05, 3.63) is 17.5 Å². The summed E-state index contributed by atoms with van der Waals surface area (Å²) in [5, 5.41) is 4.57. The molecule has 3 nitrogen and oxygen atoms in total. The van der Waals surface area contributed by atoms with Crippen LogP contribution in [0.4, 0.5) is 0 Å². The van der Waals surface area contributed by atoms with Crippen LogP contribution in [0.1, 0.15) is 52.4 Å². The molecule has 0 radical (unpaired) electrons. The minimum atomic E-state index is 0.190. The number of aromatic nitrogens is 2. The third-order valence-corrected chi connectivity index (χ3v) is 3.92. The Bertz CT molecular complexity index is 352. The molecular weight excluding hydrogens is 210 g/mol. The maximum atomic E-state index is 6.33. The zero-order valence-electron chi connectivity index (χ0n) is 12.0. The van der Waals surface area contributed by atoms with Gasteiger partial charge in [0.25, 0.3) is 0 Å². The second-order valence-electron chi connectivity index (χ2n) is 5.45. The van der Waals surface area contributed by atoms with Gasteiger partial charge in [0, 0.05) is 24.7 Å². The van der Waals surface area contributed by atoms with Gasteiger partial charge in [0.15, 0.2) is 0 Å². The Morgan fingerprint density at radius 2 is 2.00 bits per heavy atom. The topological polar surface area (TPSA) is 43.8 Å². The molecule has 1 heterocycles. The number of nitrogens with zero attached hydrogens (tertiary/aromatic N) is 2. The normalized spacial score (nSPS) is 14.0. The molecule has 0 saturated carbocycles. The summed E-state index contributed by atoms with van der Waals surface area (Å²) in [5.41, 5.74) is 8.96. The SMILES string of the molecule is CCc1cc(CC(N)C(C)(C)CC)n(CC)n1. The summed E-state index contributed by atoms with van der Waals surface area (Å²) < 4.78 is 2.09. The van der Waals surface area contributed by atoms with Gasteiger partial charge < -0.3 is 5.73 Å². The van der Waals surface area contributed by atoms with E-state index in [-0.39, 0.29) is 11.5 Å². The van der Waals surface area contributed by atoms with Crippen molar-refractivity contribution in [3.63, 3.8) is 0 Å². The summed E-state index contributed by atoms with van der Waals surface area (Å²) in [7, 11) is 0. The van der Waals surface area contributed by atoms with Crippen LogP contribution >= 0.6 is 0 Å². The summed E-state index contributed by atoms with van der Waals surface area (Å²) in [6.07, 6.45) is 3.02. The van der Waals surface area contributed by atoms with Crippen molar-refractivity contribution in [3.8, 4) is 0 Å². The van der Waals surface area contributed by atoms with Crippen LogP contribution in [0.5, 0.6) is 0 Å². The Labute approximate surface area is 105 Å². The van der Waals surface area contributed by atoms with Gasteiger partial charge >= 0.3 is 0 Å². The van der Waals surface area contributed by atoms with E-state index in [0.29, 0.717) is 0 Å². The van der Waals surface area contributed by atoms with Gasteiger partial charge in [0.1, 0.15) is 0 Å². The lowest BCUT2D eigenvalue weighted by molar-refractivity contribution is 0.269. The van der Waals surface area contributed by atoms with Crippen LogP contribution in [0.3, 0.4) is 0 Å². The molecule has 17 heavy (non-hydrogen) atoms. The molecule has 0 aromatic carbocycles. The summed E-state index contributed by atoms with van der Waals surface area (Å²) >= 11 is 0. The molecule has 1 unspecified atom stereocenters. The van der Waals surface area contributed by atoms with Gasteiger partial charge in [0.2, 0.25) is 0 Å². The van der Waals surface area contributed by atoms with Gasteiger partial charge in [0.05, 0.1) is 5.69 Å². The highest BCUT2D eigenvalue weighted by molar-refractivity contribution is 5.12.